The molecule has 1 aliphatic carbocycles. The molecule has 2 N–H and O–H groups in total. The summed E-state index contributed by atoms with van der Waals surface area (Å²) in [6, 6.07) is 16.1. The average molecular weight is 359 g/mol. The third-order valence-corrected chi connectivity index (χ3v) is 4.99. The molecule has 136 valence electrons. The van der Waals surface area contributed by atoms with Crippen molar-refractivity contribution in [1.82, 2.24) is 15.3 Å². The Morgan fingerprint density at radius 1 is 0.963 bits per heavy atom. The fourth-order valence-corrected chi connectivity index (χ4v) is 3.36. The Kier molecular flexibility index (Phi) is 4.69. The molecule has 5 heteroatoms. The first kappa shape index (κ1) is 17.4. The summed E-state index contributed by atoms with van der Waals surface area (Å²) in [5.74, 6) is -0.00156. The van der Waals surface area contributed by atoms with Crippen molar-refractivity contribution in [2.75, 3.05) is 0 Å². The first-order valence-corrected chi connectivity index (χ1v) is 9.08. The van der Waals surface area contributed by atoms with Crippen LogP contribution in [0, 0.1) is 5.92 Å². The molecular formula is C22H21N3O2. The van der Waals surface area contributed by atoms with Crippen LogP contribution in [-0.4, -0.2) is 21.0 Å². The highest BCUT2D eigenvalue weighted by molar-refractivity contribution is 5.81. The number of carbonyl (C=O) groups excluding carboxylic acids is 1. The van der Waals surface area contributed by atoms with Gasteiger partial charge < -0.3 is 10.4 Å². The Labute approximate surface area is 158 Å². The maximum absolute atomic E-state index is 12.6. The van der Waals surface area contributed by atoms with Gasteiger partial charge in [-0.3, -0.25) is 14.8 Å². The van der Waals surface area contributed by atoms with Crippen LogP contribution in [0.25, 0.3) is 0 Å². The van der Waals surface area contributed by atoms with Gasteiger partial charge in [0.25, 0.3) is 0 Å². The summed E-state index contributed by atoms with van der Waals surface area (Å²) in [4.78, 5) is 21.0. The maximum Gasteiger partial charge on any atom is 0.223 e. The normalized spacial score (nSPS) is 15.1. The second-order valence-corrected chi connectivity index (χ2v) is 6.88. The quantitative estimate of drug-likeness (QED) is 0.709. The van der Waals surface area contributed by atoms with Crippen molar-refractivity contribution in [2.24, 2.45) is 5.92 Å². The molecular weight excluding hydrogens is 338 g/mol. The van der Waals surface area contributed by atoms with Crippen LogP contribution in [-0.2, 0) is 10.4 Å². The number of rotatable bonds is 6. The number of benzene rings is 1. The second-order valence-electron chi connectivity index (χ2n) is 6.88. The predicted molar refractivity (Wildman–Crippen MR) is 102 cm³/mol. The first-order chi connectivity index (χ1) is 13.2. The van der Waals surface area contributed by atoms with E-state index in [4.69, 9.17) is 0 Å². The molecule has 0 spiro atoms. The molecule has 0 saturated heterocycles. The molecule has 5 nitrogen and oxygen atoms in total. The number of hydrogen-bond acceptors (Lipinski definition) is 4. The fraction of sp³-hybridized carbons (Fsp3) is 0.227. The lowest BCUT2D eigenvalue weighted by atomic mass is 9.78. The number of pyridine rings is 2. The predicted octanol–water partition coefficient (Wildman–Crippen LogP) is 2.98. The van der Waals surface area contributed by atoms with Gasteiger partial charge in [-0.2, -0.15) is 0 Å². The summed E-state index contributed by atoms with van der Waals surface area (Å²) >= 11 is 0. The van der Waals surface area contributed by atoms with Crippen molar-refractivity contribution in [3.63, 3.8) is 0 Å². The second kappa shape index (κ2) is 7.29. The van der Waals surface area contributed by atoms with Crippen LogP contribution in [0.4, 0.5) is 0 Å². The molecule has 0 aliphatic heterocycles. The molecule has 4 rings (SSSR count). The van der Waals surface area contributed by atoms with Gasteiger partial charge in [0.1, 0.15) is 5.60 Å². The van der Waals surface area contributed by atoms with Crippen LogP contribution in [0.5, 0.6) is 0 Å². The third kappa shape index (κ3) is 3.46. The number of carbonyl (C=O) groups is 1. The monoisotopic (exact) mass is 359 g/mol. The van der Waals surface area contributed by atoms with Gasteiger partial charge in [-0.1, -0.05) is 42.5 Å². The molecule has 1 saturated carbocycles. The number of hydrogen-bond donors (Lipinski definition) is 2. The fourth-order valence-electron chi connectivity index (χ4n) is 3.36. The number of amides is 1. The Hall–Kier alpha value is -3.05. The zero-order valence-electron chi connectivity index (χ0n) is 14.8. The van der Waals surface area contributed by atoms with Gasteiger partial charge in [0.15, 0.2) is 0 Å². The standard InChI is InChI=1S/C22H21N3O2/c26-21(17-10-11-17)25-20(16-6-2-1-3-7-16)22(27,18-8-4-12-23-14-18)19-9-5-13-24-15-19/h1-9,12-15,17,20,27H,10-11H2,(H,25,26). The van der Waals surface area contributed by atoms with Crippen molar-refractivity contribution in [1.29, 1.82) is 0 Å². The molecule has 2 aromatic heterocycles. The minimum atomic E-state index is -1.51. The molecule has 0 bridgehead atoms. The Bertz CT molecular complexity index is 857. The molecule has 1 unspecified atom stereocenters. The summed E-state index contributed by atoms with van der Waals surface area (Å²) in [7, 11) is 0. The SMILES string of the molecule is O=C(NC(c1ccccc1)C(O)(c1cccnc1)c1cccnc1)C1CC1. The van der Waals surface area contributed by atoms with E-state index in [0.29, 0.717) is 11.1 Å². The van der Waals surface area contributed by atoms with Crippen molar-refractivity contribution in [3.8, 4) is 0 Å². The van der Waals surface area contributed by atoms with Gasteiger partial charge in [-0.25, -0.2) is 0 Å². The van der Waals surface area contributed by atoms with E-state index >= 15 is 0 Å². The molecule has 1 fully saturated rings. The van der Waals surface area contributed by atoms with E-state index in [-0.39, 0.29) is 11.8 Å². The zero-order chi connectivity index (χ0) is 18.7. The van der Waals surface area contributed by atoms with Crippen LogP contribution in [0.15, 0.2) is 79.4 Å². The highest BCUT2D eigenvalue weighted by Gasteiger charge is 2.44. The molecule has 27 heavy (non-hydrogen) atoms. The number of aliphatic hydroxyl groups is 1. The van der Waals surface area contributed by atoms with Crippen molar-refractivity contribution in [2.45, 2.75) is 24.5 Å². The Balaban J connectivity index is 1.87. The lowest BCUT2D eigenvalue weighted by Crippen LogP contribution is -2.45. The lowest BCUT2D eigenvalue weighted by Gasteiger charge is -2.37. The molecule has 2 heterocycles. The zero-order valence-corrected chi connectivity index (χ0v) is 14.8. The maximum atomic E-state index is 12.6. The van der Waals surface area contributed by atoms with E-state index < -0.39 is 11.6 Å². The van der Waals surface area contributed by atoms with E-state index in [1.165, 1.54) is 0 Å². The molecule has 1 amide bonds. The number of nitrogens with zero attached hydrogens (tertiary/aromatic N) is 2. The van der Waals surface area contributed by atoms with Gasteiger partial charge in [0.05, 0.1) is 6.04 Å². The summed E-state index contributed by atoms with van der Waals surface area (Å²) in [5.41, 5.74) is 0.515. The number of aromatic nitrogens is 2. The van der Waals surface area contributed by atoms with Gasteiger partial charge >= 0.3 is 0 Å². The first-order valence-electron chi connectivity index (χ1n) is 9.08. The van der Waals surface area contributed by atoms with Crippen LogP contribution < -0.4 is 5.32 Å². The van der Waals surface area contributed by atoms with E-state index in [1.54, 1.807) is 36.9 Å². The minimum Gasteiger partial charge on any atom is -0.378 e. The van der Waals surface area contributed by atoms with E-state index in [2.05, 4.69) is 15.3 Å². The minimum absolute atomic E-state index is 0.0308. The topological polar surface area (TPSA) is 75.1 Å². The molecule has 1 aromatic carbocycles. The van der Waals surface area contributed by atoms with Crippen LogP contribution in [0.2, 0.25) is 0 Å². The third-order valence-electron chi connectivity index (χ3n) is 4.99. The summed E-state index contributed by atoms with van der Waals surface area (Å²) < 4.78 is 0. The molecule has 0 radical (unpaired) electrons. The smallest absolute Gasteiger partial charge is 0.223 e. The van der Waals surface area contributed by atoms with E-state index in [9.17, 15) is 9.90 Å². The largest absolute Gasteiger partial charge is 0.378 e. The van der Waals surface area contributed by atoms with Gasteiger partial charge in [0, 0.05) is 41.8 Å². The average Bonchev–Trinajstić information content (AvgIpc) is 3.59. The van der Waals surface area contributed by atoms with Crippen molar-refractivity contribution in [3.05, 3.63) is 96.1 Å². The Morgan fingerprint density at radius 2 is 1.56 bits per heavy atom. The highest BCUT2D eigenvalue weighted by atomic mass is 16.3. The van der Waals surface area contributed by atoms with Gasteiger partial charge in [-0.05, 0) is 30.5 Å². The lowest BCUT2D eigenvalue weighted by molar-refractivity contribution is -0.125. The summed E-state index contributed by atoms with van der Waals surface area (Å²) in [5, 5.41) is 15.1. The van der Waals surface area contributed by atoms with Crippen LogP contribution in [0.3, 0.4) is 0 Å². The van der Waals surface area contributed by atoms with Crippen molar-refractivity contribution >= 4 is 5.91 Å². The van der Waals surface area contributed by atoms with Crippen LogP contribution >= 0.6 is 0 Å². The summed E-state index contributed by atoms with van der Waals surface area (Å²) in [6.07, 6.45) is 8.37. The summed E-state index contributed by atoms with van der Waals surface area (Å²) in [6.45, 7) is 0. The van der Waals surface area contributed by atoms with Crippen LogP contribution in [0.1, 0.15) is 35.6 Å². The molecule has 3 aromatic rings. The van der Waals surface area contributed by atoms with Gasteiger partial charge in [0.2, 0.25) is 5.91 Å². The van der Waals surface area contributed by atoms with E-state index in [0.717, 1.165) is 18.4 Å². The Morgan fingerprint density at radius 3 is 2.04 bits per heavy atom. The van der Waals surface area contributed by atoms with E-state index in [1.807, 2.05) is 42.5 Å². The molecule has 1 atom stereocenters. The van der Waals surface area contributed by atoms with Gasteiger partial charge in [-0.15, -0.1) is 0 Å². The van der Waals surface area contributed by atoms with Crippen molar-refractivity contribution < 1.29 is 9.90 Å². The molecule has 1 aliphatic rings. The number of nitrogens with one attached hydrogen (secondary N) is 1. The highest BCUT2D eigenvalue weighted by Crippen LogP contribution is 2.41.